The minimum Gasteiger partial charge on any atom is -0.484 e. The summed E-state index contributed by atoms with van der Waals surface area (Å²) >= 11 is 13.5. The number of nitrogens with zero attached hydrogens (tertiary/aromatic N) is 3. The number of rotatable bonds is 8. The first-order valence-corrected chi connectivity index (χ1v) is 11.1. The number of carbonyl (C=O) groups excluding carboxylic acids is 1. The van der Waals surface area contributed by atoms with Crippen molar-refractivity contribution in [1.82, 2.24) is 14.8 Å². The first-order chi connectivity index (χ1) is 14.4. The van der Waals surface area contributed by atoms with Crippen LogP contribution in [0.15, 0.2) is 41.6 Å². The quantitative estimate of drug-likeness (QED) is 0.443. The molecular formula is C21H22Cl2N4O2S. The number of thioether (sulfide) groups is 1. The van der Waals surface area contributed by atoms with Gasteiger partial charge in [0.25, 0.3) is 0 Å². The van der Waals surface area contributed by atoms with E-state index in [1.54, 1.807) is 18.2 Å². The van der Waals surface area contributed by atoms with E-state index in [2.05, 4.69) is 15.5 Å². The number of hydrogen-bond donors (Lipinski definition) is 1. The molecule has 0 fully saturated rings. The lowest BCUT2D eigenvalue weighted by molar-refractivity contribution is -0.113. The number of nitrogens with one attached hydrogen (secondary N) is 1. The van der Waals surface area contributed by atoms with Crippen molar-refractivity contribution in [2.45, 2.75) is 39.1 Å². The van der Waals surface area contributed by atoms with E-state index in [1.807, 2.05) is 43.5 Å². The molecule has 3 aromatic rings. The predicted octanol–water partition coefficient (Wildman–Crippen LogP) is 5.53. The number of ether oxygens (including phenoxy) is 1. The first kappa shape index (κ1) is 22.5. The summed E-state index contributed by atoms with van der Waals surface area (Å²) in [5, 5.41) is 13.0. The predicted molar refractivity (Wildman–Crippen MR) is 122 cm³/mol. The molecule has 0 bridgehead atoms. The Kier molecular flexibility index (Phi) is 7.64. The lowest BCUT2D eigenvalue weighted by Crippen LogP contribution is -2.15. The summed E-state index contributed by atoms with van der Waals surface area (Å²) in [5.41, 5.74) is 2.94. The Morgan fingerprint density at radius 1 is 1.17 bits per heavy atom. The molecule has 0 radical (unpaired) electrons. The minimum absolute atomic E-state index is 0.0946. The second-order valence-electron chi connectivity index (χ2n) is 6.66. The molecule has 1 amide bonds. The maximum absolute atomic E-state index is 12.4. The number of aryl methyl sites for hydroxylation is 2. The van der Waals surface area contributed by atoms with Crippen molar-refractivity contribution in [3.05, 3.63) is 63.4 Å². The van der Waals surface area contributed by atoms with Crippen molar-refractivity contribution in [1.29, 1.82) is 0 Å². The largest absolute Gasteiger partial charge is 0.484 e. The van der Waals surface area contributed by atoms with Crippen LogP contribution < -0.4 is 10.1 Å². The van der Waals surface area contributed by atoms with E-state index in [0.29, 0.717) is 33.3 Å². The molecule has 30 heavy (non-hydrogen) atoms. The topological polar surface area (TPSA) is 69.0 Å². The Labute approximate surface area is 189 Å². The molecule has 9 heteroatoms. The molecule has 1 aromatic heterocycles. The van der Waals surface area contributed by atoms with Crippen LogP contribution >= 0.6 is 35.0 Å². The average Bonchev–Trinajstić information content (AvgIpc) is 3.11. The van der Waals surface area contributed by atoms with Gasteiger partial charge < -0.3 is 14.6 Å². The molecule has 0 saturated heterocycles. The molecule has 0 saturated carbocycles. The Balaban J connectivity index is 1.61. The molecule has 0 spiro atoms. The highest BCUT2D eigenvalue weighted by atomic mass is 35.5. The zero-order valence-corrected chi connectivity index (χ0v) is 19.2. The van der Waals surface area contributed by atoms with E-state index in [1.165, 1.54) is 11.8 Å². The van der Waals surface area contributed by atoms with Gasteiger partial charge in [-0.05, 0) is 50.1 Å². The molecule has 3 rings (SSSR count). The van der Waals surface area contributed by atoms with Gasteiger partial charge in [0.1, 0.15) is 12.4 Å². The van der Waals surface area contributed by atoms with Crippen LogP contribution in [0, 0.1) is 13.8 Å². The van der Waals surface area contributed by atoms with Crippen molar-refractivity contribution in [2.75, 3.05) is 11.1 Å². The maximum Gasteiger partial charge on any atom is 0.234 e. The van der Waals surface area contributed by atoms with Gasteiger partial charge in [-0.3, -0.25) is 4.79 Å². The lowest BCUT2D eigenvalue weighted by atomic mass is 10.1. The van der Waals surface area contributed by atoms with E-state index >= 15 is 0 Å². The van der Waals surface area contributed by atoms with Crippen molar-refractivity contribution in [3.63, 3.8) is 0 Å². The second kappa shape index (κ2) is 10.2. The number of benzene rings is 2. The number of carbonyl (C=O) groups is 1. The van der Waals surface area contributed by atoms with Crippen LogP contribution in [0.5, 0.6) is 5.75 Å². The average molecular weight is 465 g/mol. The molecule has 1 N–H and O–H groups in total. The van der Waals surface area contributed by atoms with Crippen molar-refractivity contribution >= 4 is 46.6 Å². The summed E-state index contributed by atoms with van der Waals surface area (Å²) in [4.78, 5) is 12.4. The number of halogens is 2. The van der Waals surface area contributed by atoms with Crippen LogP contribution in [0.2, 0.25) is 10.0 Å². The molecule has 0 unspecified atom stereocenters. The third-order valence-corrected chi connectivity index (χ3v) is 5.87. The smallest absolute Gasteiger partial charge is 0.234 e. The van der Waals surface area contributed by atoms with E-state index in [0.717, 1.165) is 16.8 Å². The molecule has 0 aliphatic heterocycles. The van der Waals surface area contributed by atoms with E-state index in [4.69, 9.17) is 27.9 Å². The zero-order chi connectivity index (χ0) is 21.7. The molecule has 0 atom stereocenters. The van der Waals surface area contributed by atoms with Gasteiger partial charge in [-0.25, -0.2) is 0 Å². The van der Waals surface area contributed by atoms with Gasteiger partial charge in [-0.1, -0.05) is 47.1 Å². The van der Waals surface area contributed by atoms with E-state index in [9.17, 15) is 4.79 Å². The third-order valence-electron chi connectivity index (χ3n) is 4.36. The number of aromatic nitrogens is 3. The third kappa shape index (κ3) is 5.68. The molecule has 158 valence electrons. The van der Waals surface area contributed by atoms with Crippen LogP contribution in [0.4, 0.5) is 5.69 Å². The summed E-state index contributed by atoms with van der Waals surface area (Å²) in [6, 6.07) is 11.0. The molecule has 0 aliphatic rings. The summed E-state index contributed by atoms with van der Waals surface area (Å²) < 4.78 is 7.67. The molecule has 2 aromatic carbocycles. The summed E-state index contributed by atoms with van der Waals surface area (Å²) in [7, 11) is 0. The lowest BCUT2D eigenvalue weighted by Gasteiger charge is -2.11. The number of anilines is 1. The fraction of sp³-hybridized carbons (Fsp3) is 0.286. The number of amides is 1. The van der Waals surface area contributed by atoms with Gasteiger partial charge >= 0.3 is 0 Å². The van der Waals surface area contributed by atoms with Crippen LogP contribution in [0.3, 0.4) is 0 Å². The zero-order valence-electron chi connectivity index (χ0n) is 16.9. The van der Waals surface area contributed by atoms with Crippen molar-refractivity contribution < 1.29 is 9.53 Å². The van der Waals surface area contributed by atoms with E-state index in [-0.39, 0.29) is 18.3 Å². The minimum atomic E-state index is -0.0946. The summed E-state index contributed by atoms with van der Waals surface area (Å²) in [6.45, 7) is 6.79. The molecule has 1 heterocycles. The first-order valence-electron chi connectivity index (χ1n) is 9.37. The van der Waals surface area contributed by atoms with Gasteiger partial charge in [0.15, 0.2) is 11.0 Å². The molecule has 6 nitrogen and oxygen atoms in total. The van der Waals surface area contributed by atoms with Crippen LogP contribution in [-0.4, -0.2) is 26.4 Å². The fourth-order valence-corrected chi connectivity index (χ4v) is 3.92. The standard InChI is InChI=1S/C21H22Cl2N4O2S/c1-4-27-19(11-29-18-10-15(22)7-8-16(18)23)25-26-21(27)30-12-20(28)24-17-9-13(2)5-6-14(17)3/h5-10H,4,11-12H2,1-3H3,(H,24,28). The van der Waals surface area contributed by atoms with Gasteiger partial charge in [-0.2, -0.15) is 0 Å². The van der Waals surface area contributed by atoms with E-state index < -0.39 is 0 Å². The Bertz CT molecular complexity index is 1060. The molecular weight excluding hydrogens is 443 g/mol. The van der Waals surface area contributed by atoms with Gasteiger partial charge in [0.05, 0.1) is 10.8 Å². The summed E-state index contributed by atoms with van der Waals surface area (Å²) in [6.07, 6.45) is 0. The van der Waals surface area contributed by atoms with Crippen LogP contribution in [0.25, 0.3) is 0 Å². The van der Waals surface area contributed by atoms with Crippen LogP contribution in [-0.2, 0) is 17.9 Å². The van der Waals surface area contributed by atoms with Gasteiger partial charge in [0, 0.05) is 23.3 Å². The van der Waals surface area contributed by atoms with Crippen molar-refractivity contribution in [3.8, 4) is 5.75 Å². The Morgan fingerprint density at radius 2 is 1.97 bits per heavy atom. The second-order valence-corrected chi connectivity index (χ2v) is 8.45. The van der Waals surface area contributed by atoms with Crippen LogP contribution in [0.1, 0.15) is 23.9 Å². The maximum atomic E-state index is 12.4. The summed E-state index contributed by atoms with van der Waals surface area (Å²) in [5.74, 6) is 1.26. The SMILES string of the molecule is CCn1c(COc2cc(Cl)ccc2Cl)nnc1SCC(=O)Nc1cc(C)ccc1C. The Morgan fingerprint density at radius 3 is 2.73 bits per heavy atom. The Hall–Kier alpha value is -2.22. The fourth-order valence-electron chi connectivity index (χ4n) is 2.77. The van der Waals surface area contributed by atoms with Gasteiger partial charge in [-0.15, -0.1) is 10.2 Å². The highest BCUT2D eigenvalue weighted by molar-refractivity contribution is 7.99. The highest BCUT2D eigenvalue weighted by Crippen LogP contribution is 2.28. The monoisotopic (exact) mass is 464 g/mol. The van der Waals surface area contributed by atoms with Gasteiger partial charge in [0.2, 0.25) is 5.91 Å². The molecule has 0 aliphatic carbocycles. The number of hydrogen-bond acceptors (Lipinski definition) is 5. The van der Waals surface area contributed by atoms with Crippen molar-refractivity contribution in [2.24, 2.45) is 0 Å². The highest BCUT2D eigenvalue weighted by Gasteiger charge is 2.15. The normalized spacial score (nSPS) is 10.8.